The fraction of sp³-hybridized carbons (Fsp3) is 0.214. The van der Waals surface area contributed by atoms with Gasteiger partial charge < -0.3 is 10.4 Å². The highest BCUT2D eigenvalue weighted by Crippen LogP contribution is 2.19. The average Bonchev–Trinajstić information content (AvgIpc) is 2.41. The highest BCUT2D eigenvalue weighted by Gasteiger charge is 2.17. The molecule has 0 aliphatic carbocycles. The fourth-order valence-corrected chi connectivity index (χ4v) is 1.91. The lowest BCUT2D eigenvalue weighted by molar-refractivity contribution is 0.0696. The van der Waals surface area contributed by atoms with Crippen molar-refractivity contribution in [1.29, 1.82) is 0 Å². The summed E-state index contributed by atoms with van der Waals surface area (Å²) in [4.78, 5) is 11.3. The van der Waals surface area contributed by atoms with Gasteiger partial charge in [-0.25, -0.2) is 4.79 Å². The summed E-state index contributed by atoms with van der Waals surface area (Å²) in [5.74, 6) is -0.741. The zero-order chi connectivity index (χ0) is 14.7. The second-order valence-corrected chi connectivity index (χ2v) is 4.86. The number of benzene rings is 1. The van der Waals surface area contributed by atoms with Crippen LogP contribution in [0.25, 0.3) is 0 Å². The zero-order valence-corrected chi connectivity index (χ0v) is 11.9. The van der Waals surface area contributed by atoms with E-state index in [0.29, 0.717) is 22.8 Å². The second-order valence-electron chi connectivity index (χ2n) is 4.42. The molecule has 0 saturated heterocycles. The highest BCUT2D eigenvalue weighted by atomic mass is 35.5. The number of halogens is 1. The molecule has 5 nitrogen and oxygen atoms in total. The number of hydrogen-bond acceptors (Lipinski definition) is 4. The number of nitrogens with one attached hydrogen (secondary N) is 1. The SMILES string of the molecule is Cc1nnc(NCc2ccc(Cl)cc2)c(C(=O)O)c1C. The smallest absolute Gasteiger partial charge is 0.339 e. The summed E-state index contributed by atoms with van der Waals surface area (Å²) in [5, 5.41) is 20.8. The largest absolute Gasteiger partial charge is 0.478 e. The molecule has 0 radical (unpaired) electrons. The summed E-state index contributed by atoms with van der Waals surface area (Å²) in [6, 6.07) is 7.29. The van der Waals surface area contributed by atoms with Crippen LogP contribution in [0.15, 0.2) is 24.3 Å². The maximum atomic E-state index is 11.3. The third-order valence-corrected chi connectivity index (χ3v) is 3.29. The van der Waals surface area contributed by atoms with Gasteiger partial charge in [-0.3, -0.25) is 0 Å². The van der Waals surface area contributed by atoms with Crippen molar-refractivity contribution in [3.05, 3.63) is 51.7 Å². The van der Waals surface area contributed by atoms with Crippen LogP contribution in [-0.2, 0) is 6.54 Å². The number of nitrogens with zero attached hydrogens (tertiary/aromatic N) is 2. The van der Waals surface area contributed by atoms with E-state index < -0.39 is 5.97 Å². The Labute approximate surface area is 121 Å². The molecule has 0 aliphatic heterocycles. The average molecular weight is 292 g/mol. The van der Waals surface area contributed by atoms with Gasteiger partial charge in [0, 0.05) is 11.6 Å². The number of carbonyl (C=O) groups is 1. The minimum atomic E-state index is -1.01. The molecular weight excluding hydrogens is 278 g/mol. The lowest BCUT2D eigenvalue weighted by atomic mass is 10.1. The van der Waals surface area contributed by atoms with Gasteiger partial charge in [-0.1, -0.05) is 23.7 Å². The van der Waals surface area contributed by atoms with Crippen molar-refractivity contribution >= 4 is 23.4 Å². The van der Waals surface area contributed by atoms with Gasteiger partial charge >= 0.3 is 5.97 Å². The Morgan fingerprint density at radius 2 is 1.90 bits per heavy atom. The molecule has 1 aromatic heterocycles. The maximum absolute atomic E-state index is 11.3. The lowest BCUT2D eigenvalue weighted by Crippen LogP contribution is -2.12. The van der Waals surface area contributed by atoms with E-state index in [1.165, 1.54) is 0 Å². The first kappa shape index (κ1) is 14.3. The van der Waals surface area contributed by atoms with E-state index in [0.717, 1.165) is 5.56 Å². The van der Waals surface area contributed by atoms with Crippen molar-refractivity contribution in [1.82, 2.24) is 10.2 Å². The molecule has 2 aromatic rings. The van der Waals surface area contributed by atoms with Crippen LogP contribution >= 0.6 is 11.6 Å². The predicted octanol–water partition coefficient (Wildman–Crippen LogP) is 3.06. The third kappa shape index (κ3) is 3.05. The molecule has 6 heteroatoms. The standard InChI is InChI=1S/C14H14ClN3O2/c1-8-9(2)17-18-13(12(8)14(19)20)16-7-10-3-5-11(15)6-4-10/h3-6H,7H2,1-2H3,(H,16,18)(H,19,20). The van der Waals surface area contributed by atoms with Crippen LogP contribution in [0.1, 0.15) is 27.2 Å². The van der Waals surface area contributed by atoms with Gasteiger partial charge in [0.25, 0.3) is 0 Å². The first-order valence-electron chi connectivity index (χ1n) is 6.04. The molecule has 1 heterocycles. The van der Waals surface area contributed by atoms with Gasteiger partial charge in [0.2, 0.25) is 0 Å². The maximum Gasteiger partial charge on any atom is 0.339 e. The zero-order valence-electron chi connectivity index (χ0n) is 11.1. The first-order valence-corrected chi connectivity index (χ1v) is 6.42. The van der Waals surface area contributed by atoms with Gasteiger partial charge in [0.1, 0.15) is 5.56 Å². The Kier molecular flexibility index (Phi) is 4.20. The molecule has 104 valence electrons. The van der Waals surface area contributed by atoms with Gasteiger partial charge in [-0.05, 0) is 37.1 Å². The predicted molar refractivity (Wildman–Crippen MR) is 77.2 cm³/mol. The van der Waals surface area contributed by atoms with Gasteiger partial charge in [-0.15, -0.1) is 5.10 Å². The molecule has 1 aromatic carbocycles. The van der Waals surface area contributed by atoms with E-state index in [1.807, 2.05) is 12.1 Å². The minimum Gasteiger partial charge on any atom is -0.478 e. The first-order chi connectivity index (χ1) is 9.49. The number of carboxylic acids is 1. The Bertz CT molecular complexity index is 642. The van der Waals surface area contributed by atoms with Crippen molar-refractivity contribution in [2.75, 3.05) is 5.32 Å². The summed E-state index contributed by atoms with van der Waals surface area (Å²) in [5.41, 5.74) is 2.36. The van der Waals surface area contributed by atoms with Crippen molar-refractivity contribution in [3.8, 4) is 0 Å². The number of hydrogen-bond donors (Lipinski definition) is 2. The van der Waals surface area contributed by atoms with Crippen molar-refractivity contribution < 1.29 is 9.90 Å². The number of aryl methyl sites for hydroxylation is 1. The number of carboxylic acid groups (broad SMARTS) is 1. The number of anilines is 1. The molecule has 0 fully saturated rings. The Balaban J connectivity index is 2.23. The van der Waals surface area contributed by atoms with Gasteiger partial charge in [0.15, 0.2) is 5.82 Å². The Hall–Kier alpha value is -2.14. The summed E-state index contributed by atoms with van der Waals surface area (Å²) in [6.07, 6.45) is 0. The van der Waals surface area contributed by atoms with Crippen LogP contribution in [-0.4, -0.2) is 21.3 Å². The van der Waals surface area contributed by atoms with Crippen LogP contribution in [0.2, 0.25) is 5.02 Å². The van der Waals surface area contributed by atoms with E-state index >= 15 is 0 Å². The summed E-state index contributed by atoms with van der Waals surface area (Å²) in [7, 11) is 0. The summed E-state index contributed by atoms with van der Waals surface area (Å²) >= 11 is 5.81. The van der Waals surface area contributed by atoms with E-state index in [4.69, 9.17) is 11.6 Å². The molecule has 2 rings (SSSR count). The van der Waals surface area contributed by atoms with E-state index in [1.54, 1.807) is 26.0 Å². The third-order valence-electron chi connectivity index (χ3n) is 3.04. The van der Waals surface area contributed by atoms with Crippen LogP contribution in [0.4, 0.5) is 5.82 Å². The van der Waals surface area contributed by atoms with Crippen LogP contribution in [0.3, 0.4) is 0 Å². The molecule has 0 atom stereocenters. The normalized spacial score (nSPS) is 10.3. The molecule has 2 N–H and O–H groups in total. The quantitative estimate of drug-likeness (QED) is 0.905. The van der Waals surface area contributed by atoms with Crippen LogP contribution in [0, 0.1) is 13.8 Å². The number of aromatic carboxylic acids is 1. The molecule has 0 aliphatic rings. The second kappa shape index (κ2) is 5.88. The lowest BCUT2D eigenvalue weighted by Gasteiger charge is -2.11. The summed E-state index contributed by atoms with van der Waals surface area (Å²) < 4.78 is 0. The van der Waals surface area contributed by atoms with Crippen molar-refractivity contribution in [3.63, 3.8) is 0 Å². The monoisotopic (exact) mass is 291 g/mol. The van der Waals surface area contributed by atoms with E-state index in [9.17, 15) is 9.90 Å². The van der Waals surface area contributed by atoms with Crippen LogP contribution < -0.4 is 5.32 Å². The van der Waals surface area contributed by atoms with E-state index in [-0.39, 0.29) is 11.4 Å². The fourth-order valence-electron chi connectivity index (χ4n) is 1.78. The molecule has 0 unspecified atom stereocenters. The van der Waals surface area contributed by atoms with Crippen molar-refractivity contribution in [2.45, 2.75) is 20.4 Å². The number of aromatic nitrogens is 2. The van der Waals surface area contributed by atoms with Crippen LogP contribution in [0.5, 0.6) is 0 Å². The minimum absolute atomic E-state index is 0.159. The topological polar surface area (TPSA) is 75.1 Å². The molecule has 0 bridgehead atoms. The highest BCUT2D eigenvalue weighted by molar-refractivity contribution is 6.30. The molecule has 0 spiro atoms. The van der Waals surface area contributed by atoms with Gasteiger partial charge in [-0.2, -0.15) is 5.10 Å². The Morgan fingerprint density at radius 3 is 2.50 bits per heavy atom. The molecule has 0 amide bonds. The molecular formula is C14H14ClN3O2. The Morgan fingerprint density at radius 1 is 1.25 bits per heavy atom. The van der Waals surface area contributed by atoms with Gasteiger partial charge in [0.05, 0.1) is 5.69 Å². The van der Waals surface area contributed by atoms with E-state index in [2.05, 4.69) is 15.5 Å². The molecule has 0 saturated carbocycles. The van der Waals surface area contributed by atoms with Crippen molar-refractivity contribution in [2.24, 2.45) is 0 Å². The number of rotatable bonds is 4. The molecule has 20 heavy (non-hydrogen) atoms. The summed E-state index contributed by atoms with van der Waals surface area (Å²) in [6.45, 7) is 3.91.